The molecule has 1 aliphatic heterocycles. The van der Waals surface area contributed by atoms with Crippen LogP contribution in [0.3, 0.4) is 0 Å². The van der Waals surface area contributed by atoms with Gasteiger partial charge in [0.2, 0.25) is 17.7 Å². The molecule has 1 aliphatic rings. The topological polar surface area (TPSA) is 144 Å². The summed E-state index contributed by atoms with van der Waals surface area (Å²) < 4.78 is 0. The van der Waals surface area contributed by atoms with E-state index in [-0.39, 0.29) is 24.2 Å². The molecule has 5 N–H and O–H groups in total. The van der Waals surface area contributed by atoms with Crippen molar-refractivity contribution < 1.29 is 24.4 Å². The molecule has 1 aromatic heterocycles. The molecular weight excluding hydrogens is 438 g/mol. The van der Waals surface area contributed by atoms with Crippen LogP contribution in [0.1, 0.15) is 45.6 Å². The number of H-pyrrole nitrogens is 1. The highest BCUT2D eigenvalue weighted by atomic mass is 16.5. The fourth-order valence-corrected chi connectivity index (χ4v) is 4.47. The monoisotopic (exact) mass is 471 g/mol. The van der Waals surface area contributed by atoms with Gasteiger partial charge in [0.25, 0.3) is 5.91 Å². The van der Waals surface area contributed by atoms with Crippen molar-refractivity contribution in [3.05, 3.63) is 36.0 Å². The molecule has 1 fully saturated rings. The van der Waals surface area contributed by atoms with Gasteiger partial charge < -0.3 is 20.5 Å². The number of likely N-dealkylation sites (tertiary alicyclic amines) is 1. The second-order valence-electron chi connectivity index (χ2n) is 9.16. The molecule has 184 valence electrons. The van der Waals surface area contributed by atoms with Crippen molar-refractivity contribution in [1.82, 2.24) is 26.0 Å². The summed E-state index contributed by atoms with van der Waals surface area (Å²) in [7, 11) is 0. The Balaban J connectivity index is 1.75. The van der Waals surface area contributed by atoms with E-state index in [1.807, 2.05) is 38.1 Å². The van der Waals surface area contributed by atoms with Gasteiger partial charge in [0.15, 0.2) is 0 Å². The highest BCUT2D eigenvalue weighted by molar-refractivity contribution is 5.94. The molecule has 0 spiro atoms. The smallest absolute Gasteiger partial charge is 0.266 e. The fraction of sp³-hybridized carbons (Fsp3) is 0.500. The fourth-order valence-electron chi connectivity index (χ4n) is 4.47. The standard InChI is InChI=1S/C24H33N5O5/c1-14(2)11-19(27-24(33)21-9-6-10-29(21)15(3)30)22(31)26-20(23(32)28-34)12-16-13-25-18-8-5-4-7-17(16)18/h4-5,7-8,13-14,19-21,25,34H,6,9-12H2,1-3H3,(H,26,31)(H,27,33)(H,28,32)/t19-,20-,21-/m0/s1. The molecule has 0 radical (unpaired) electrons. The highest BCUT2D eigenvalue weighted by Crippen LogP contribution is 2.20. The third-order valence-electron chi connectivity index (χ3n) is 6.14. The average molecular weight is 472 g/mol. The number of amides is 4. The molecule has 3 rings (SSSR count). The van der Waals surface area contributed by atoms with Crippen LogP contribution in [-0.4, -0.2) is 63.4 Å². The van der Waals surface area contributed by atoms with E-state index in [4.69, 9.17) is 0 Å². The first-order chi connectivity index (χ1) is 16.2. The molecular formula is C24H33N5O5. The number of carbonyl (C=O) groups excluding carboxylic acids is 4. The molecule has 0 unspecified atom stereocenters. The Kier molecular flexibility index (Phi) is 8.27. The van der Waals surface area contributed by atoms with Gasteiger partial charge in [0.05, 0.1) is 0 Å². The molecule has 4 amide bonds. The Labute approximate surface area is 198 Å². The molecule has 0 bridgehead atoms. The van der Waals surface area contributed by atoms with Gasteiger partial charge >= 0.3 is 0 Å². The van der Waals surface area contributed by atoms with E-state index in [1.54, 1.807) is 11.7 Å². The van der Waals surface area contributed by atoms with Crippen molar-refractivity contribution in [3.8, 4) is 0 Å². The van der Waals surface area contributed by atoms with Crippen molar-refractivity contribution in [2.45, 2.75) is 64.6 Å². The lowest BCUT2D eigenvalue weighted by atomic mass is 10.0. The van der Waals surface area contributed by atoms with Crippen LogP contribution < -0.4 is 16.1 Å². The summed E-state index contributed by atoms with van der Waals surface area (Å²) in [5.74, 6) is -1.76. The van der Waals surface area contributed by atoms with Gasteiger partial charge in [0, 0.05) is 37.0 Å². The first kappa shape index (κ1) is 25.2. The minimum Gasteiger partial charge on any atom is -0.361 e. The second kappa shape index (κ2) is 11.1. The van der Waals surface area contributed by atoms with Crippen molar-refractivity contribution in [2.75, 3.05) is 6.54 Å². The number of rotatable bonds is 9. The van der Waals surface area contributed by atoms with Gasteiger partial charge in [-0.2, -0.15) is 0 Å². The Bertz CT molecular complexity index is 1050. The van der Waals surface area contributed by atoms with Gasteiger partial charge in [-0.15, -0.1) is 0 Å². The third-order valence-corrected chi connectivity index (χ3v) is 6.14. The normalized spacial score (nSPS) is 17.4. The zero-order valence-corrected chi connectivity index (χ0v) is 19.8. The molecule has 10 heteroatoms. The van der Waals surface area contributed by atoms with E-state index in [1.165, 1.54) is 11.8 Å². The Morgan fingerprint density at radius 3 is 2.53 bits per heavy atom. The number of carbonyl (C=O) groups is 4. The summed E-state index contributed by atoms with van der Waals surface area (Å²) >= 11 is 0. The number of para-hydroxylation sites is 1. The quantitative estimate of drug-likeness (QED) is 0.276. The zero-order valence-electron chi connectivity index (χ0n) is 19.8. The van der Waals surface area contributed by atoms with Crippen LogP contribution in [0.4, 0.5) is 0 Å². The minimum absolute atomic E-state index is 0.0854. The summed E-state index contributed by atoms with van der Waals surface area (Å²) in [6.45, 7) is 5.78. The van der Waals surface area contributed by atoms with E-state index in [9.17, 15) is 24.4 Å². The van der Waals surface area contributed by atoms with Crippen LogP contribution in [0.25, 0.3) is 10.9 Å². The van der Waals surface area contributed by atoms with E-state index >= 15 is 0 Å². The molecule has 2 aromatic rings. The van der Waals surface area contributed by atoms with Crippen LogP contribution >= 0.6 is 0 Å². The van der Waals surface area contributed by atoms with Crippen LogP contribution in [0.15, 0.2) is 30.5 Å². The van der Waals surface area contributed by atoms with Crippen molar-refractivity contribution in [1.29, 1.82) is 0 Å². The van der Waals surface area contributed by atoms with Gasteiger partial charge in [-0.3, -0.25) is 24.4 Å². The zero-order chi connectivity index (χ0) is 24.8. The molecule has 34 heavy (non-hydrogen) atoms. The lowest BCUT2D eigenvalue weighted by Crippen LogP contribution is -2.56. The van der Waals surface area contributed by atoms with Crippen molar-refractivity contribution in [3.63, 3.8) is 0 Å². The van der Waals surface area contributed by atoms with E-state index < -0.39 is 29.9 Å². The molecule has 10 nitrogen and oxygen atoms in total. The number of nitrogens with one attached hydrogen (secondary N) is 4. The van der Waals surface area contributed by atoms with Crippen LogP contribution in [0.5, 0.6) is 0 Å². The summed E-state index contributed by atoms with van der Waals surface area (Å²) in [5.41, 5.74) is 3.31. The second-order valence-corrected chi connectivity index (χ2v) is 9.16. The maximum Gasteiger partial charge on any atom is 0.266 e. The van der Waals surface area contributed by atoms with Crippen molar-refractivity contribution >= 4 is 34.5 Å². The van der Waals surface area contributed by atoms with Crippen LogP contribution in [0, 0.1) is 5.92 Å². The molecule has 0 saturated carbocycles. The lowest BCUT2D eigenvalue weighted by Gasteiger charge is -2.27. The Hall–Kier alpha value is -3.40. The molecule has 1 saturated heterocycles. The number of hydrogen-bond donors (Lipinski definition) is 5. The largest absolute Gasteiger partial charge is 0.361 e. The predicted molar refractivity (Wildman–Crippen MR) is 126 cm³/mol. The molecule has 0 aliphatic carbocycles. The molecule has 2 heterocycles. The van der Waals surface area contributed by atoms with E-state index in [2.05, 4.69) is 15.6 Å². The number of hydroxylamine groups is 1. The number of benzene rings is 1. The number of hydrogen-bond acceptors (Lipinski definition) is 5. The maximum atomic E-state index is 13.2. The van der Waals surface area contributed by atoms with Gasteiger partial charge in [0.1, 0.15) is 18.1 Å². The number of nitrogens with zero attached hydrogens (tertiary/aromatic N) is 1. The number of fused-ring (bicyclic) bond motifs is 1. The van der Waals surface area contributed by atoms with Crippen molar-refractivity contribution in [2.24, 2.45) is 5.92 Å². The summed E-state index contributed by atoms with van der Waals surface area (Å²) in [4.78, 5) is 55.0. The van der Waals surface area contributed by atoms with Gasteiger partial charge in [-0.25, -0.2) is 5.48 Å². The van der Waals surface area contributed by atoms with Crippen LogP contribution in [-0.2, 0) is 25.6 Å². The van der Waals surface area contributed by atoms with E-state index in [0.717, 1.165) is 22.9 Å². The van der Waals surface area contributed by atoms with Crippen LogP contribution in [0.2, 0.25) is 0 Å². The third kappa shape index (κ3) is 5.93. The average Bonchev–Trinajstić information content (AvgIpc) is 3.45. The first-order valence-electron chi connectivity index (χ1n) is 11.6. The SMILES string of the molecule is CC(=O)N1CCC[C@H]1C(=O)N[C@@H](CC(C)C)C(=O)N[C@@H](Cc1c[nH]c2ccccc12)C(=O)NO. The van der Waals surface area contributed by atoms with Gasteiger partial charge in [-0.05, 0) is 36.8 Å². The lowest BCUT2D eigenvalue weighted by molar-refractivity contribution is -0.139. The van der Waals surface area contributed by atoms with Gasteiger partial charge in [-0.1, -0.05) is 32.0 Å². The Morgan fingerprint density at radius 2 is 1.85 bits per heavy atom. The molecule has 1 aromatic carbocycles. The first-order valence-corrected chi connectivity index (χ1v) is 11.6. The number of aromatic amines is 1. The summed E-state index contributed by atoms with van der Waals surface area (Å²) in [6, 6.07) is 5.02. The number of aromatic nitrogens is 1. The summed E-state index contributed by atoms with van der Waals surface area (Å²) in [6.07, 6.45) is 3.52. The van der Waals surface area contributed by atoms with E-state index in [0.29, 0.717) is 19.4 Å². The summed E-state index contributed by atoms with van der Waals surface area (Å²) in [5, 5.41) is 15.6. The molecule has 3 atom stereocenters. The Morgan fingerprint density at radius 1 is 1.12 bits per heavy atom. The predicted octanol–water partition coefficient (Wildman–Crippen LogP) is 1.24. The highest BCUT2D eigenvalue weighted by Gasteiger charge is 2.35. The minimum atomic E-state index is -1.05. The maximum absolute atomic E-state index is 13.2.